The molecule has 0 bridgehead atoms. The molecule has 0 amide bonds. The molecular formula is C12H18F3N3. The molecule has 1 unspecified atom stereocenters. The van der Waals surface area contributed by atoms with Gasteiger partial charge in [0.15, 0.2) is 0 Å². The average molecular weight is 261 g/mol. The number of likely N-dealkylation sites (N-methyl/N-ethyl adjacent to an activating group) is 1. The Balaban J connectivity index is 2.31. The van der Waals surface area contributed by atoms with Gasteiger partial charge in [-0.25, -0.2) is 0 Å². The lowest BCUT2D eigenvalue weighted by atomic mass is 10.2. The SMILES string of the molecule is CC(CNCC(F)(F)F)N(C)Cc1ccccn1. The molecule has 6 heteroatoms. The first-order valence-corrected chi connectivity index (χ1v) is 5.76. The highest BCUT2D eigenvalue weighted by Crippen LogP contribution is 2.12. The van der Waals surface area contributed by atoms with E-state index in [1.807, 2.05) is 37.1 Å². The van der Waals surface area contributed by atoms with E-state index in [-0.39, 0.29) is 6.04 Å². The van der Waals surface area contributed by atoms with Crippen LogP contribution in [0.4, 0.5) is 13.2 Å². The minimum absolute atomic E-state index is 0.00866. The van der Waals surface area contributed by atoms with Crippen molar-refractivity contribution >= 4 is 0 Å². The summed E-state index contributed by atoms with van der Waals surface area (Å²) in [5.41, 5.74) is 0.905. The highest BCUT2D eigenvalue weighted by atomic mass is 19.4. The van der Waals surface area contributed by atoms with E-state index in [0.29, 0.717) is 13.1 Å². The van der Waals surface area contributed by atoms with Gasteiger partial charge < -0.3 is 5.32 Å². The van der Waals surface area contributed by atoms with Crippen LogP contribution in [0.2, 0.25) is 0 Å². The molecule has 3 nitrogen and oxygen atoms in total. The molecule has 0 radical (unpaired) electrons. The molecule has 1 rings (SSSR count). The predicted molar refractivity (Wildman–Crippen MR) is 64.1 cm³/mol. The maximum absolute atomic E-state index is 12.0. The van der Waals surface area contributed by atoms with Crippen LogP contribution in [0.1, 0.15) is 12.6 Å². The summed E-state index contributed by atoms with van der Waals surface area (Å²) in [6.45, 7) is 1.85. The van der Waals surface area contributed by atoms with E-state index in [4.69, 9.17) is 0 Å². The molecule has 0 aliphatic heterocycles. The van der Waals surface area contributed by atoms with Crippen molar-refractivity contribution in [2.75, 3.05) is 20.1 Å². The summed E-state index contributed by atoms with van der Waals surface area (Å²) in [7, 11) is 1.87. The molecule has 1 aromatic heterocycles. The number of rotatable bonds is 6. The van der Waals surface area contributed by atoms with Gasteiger partial charge in [-0.1, -0.05) is 6.07 Å². The van der Waals surface area contributed by atoms with E-state index in [1.165, 1.54) is 0 Å². The van der Waals surface area contributed by atoms with Crippen molar-refractivity contribution in [3.05, 3.63) is 30.1 Å². The third-order valence-corrected chi connectivity index (χ3v) is 2.66. The van der Waals surface area contributed by atoms with Crippen LogP contribution < -0.4 is 5.32 Å². The van der Waals surface area contributed by atoms with Gasteiger partial charge in [0, 0.05) is 25.3 Å². The van der Waals surface area contributed by atoms with Crippen molar-refractivity contribution in [2.45, 2.75) is 25.7 Å². The molecule has 1 atom stereocenters. The Morgan fingerprint density at radius 2 is 2.11 bits per heavy atom. The number of hydrogen-bond acceptors (Lipinski definition) is 3. The maximum atomic E-state index is 12.0. The van der Waals surface area contributed by atoms with E-state index in [0.717, 1.165) is 5.69 Å². The summed E-state index contributed by atoms with van der Waals surface area (Å²) in [5, 5.41) is 2.40. The Labute approximate surface area is 105 Å². The van der Waals surface area contributed by atoms with Gasteiger partial charge in [0.1, 0.15) is 0 Å². The minimum Gasteiger partial charge on any atom is -0.307 e. The first kappa shape index (κ1) is 14.9. The number of nitrogens with one attached hydrogen (secondary N) is 1. The van der Waals surface area contributed by atoms with E-state index in [1.54, 1.807) is 6.20 Å². The van der Waals surface area contributed by atoms with Gasteiger partial charge in [0.25, 0.3) is 0 Å². The smallest absolute Gasteiger partial charge is 0.307 e. The lowest BCUT2D eigenvalue weighted by Crippen LogP contribution is -2.40. The highest BCUT2D eigenvalue weighted by Gasteiger charge is 2.26. The Hall–Kier alpha value is -1.14. The normalized spacial score (nSPS) is 13.9. The van der Waals surface area contributed by atoms with E-state index in [2.05, 4.69) is 10.3 Å². The molecule has 1 N–H and O–H groups in total. The van der Waals surface area contributed by atoms with Crippen molar-refractivity contribution in [1.29, 1.82) is 0 Å². The van der Waals surface area contributed by atoms with E-state index in [9.17, 15) is 13.2 Å². The number of alkyl halides is 3. The quantitative estimate of drug-likeness (QED) is 0.849. The fraction of sp³-hybridized carbons (Fsp3) is 0.583. The number of halogens is 3. The van der Waals surface area contributed by atoms with Crippen LogP contribution >= 0.6 is 0 Å². The molecule has 18 heavy (non-hydrogen) atoms. The monoisotopic (exact) mass is 261 g/mol. The molecule has 0 saturated heterocycles. The molecular weight excluding hydrogens is 243 g/mol. The van der Waals surface area contributed by atoms with Gasteiger partial charge >= 0.3 is 6.18 Å². The third-order valence-electron chi connectivity index (χ3n) is 2.66. The Morgan fingerprint density at radius 3 is 2.67 bits per heavy atom. The van der Waals surface area contributed by atoms with Crippen LogP contribution in [0.5, 0.6) is 0 Å². The number of hydrogen-bond donors (Lipinski definition) is 1. The zero-order chi connectivity index (χ0) is 13.6. The maximum Gasteiger partial charge on any atom is 0.401 e. The summed E-state index contributed by atoms with van der Waals surface area (Å²) in [5.74, 6) is 0. The topological polar surface area (TPSA) is 28.2 Å². The Kier molecular flexibility index (Phi) is 5.55. The standard InChI is InChI=1S/C12H18F3N3/c1-10(7-16-9-12(13,14)15)18(2)8-11-5-3-4-6-17-11/h3-6,10,16H,7-9H2,1-2H3. The molecule has 1 heterocycles. The van der Waals surface area contributed by atoms with Gasteiger partial charge in [-0.2, -0.15) is 13.2 Å². The van der Waals surface area contributed by atoms with Gasteiger partial charge in [0.05, 0.1) is 12.2 Å². The van der Waals surface area contributed by atoms with Gasteiger partial charge in [0.2, 0.25) is 0 Å². The summed E-state index contributed by atoms with van der Waals surface area (Å²) >= 11 is 0. The molecule has 0 aliphatic rings. The summed E-state index contributed by atoms with van der Waals surface area (Å²) in [6, 6.07) is 5.63. The third kappa shape index (κ3) is 5.97. The van der Waals surface area contributed by atoms with Crippen LogP contribution in [0.15, 0.2) is 24.4 Å². The Morgan fingerprint density at radius 1 is 1.39 bits per heavy atom. The molecule has 0 saturated carbocycles. The van der Waals surface area contributed by atoms with E-state index < -0.39 is 12.7 Å². The molecule has 102 valence electrons. The fourth-order valence-electron chi connectivity index (χ4n) is 1.48. The van der Waals surface area contributed by atoms with Crippen LogP contribution in [-0.4, -0.2) is 42.2 Å². The first-order chi connectivity index (χ1) is 8.38. The Bertz CT molecular complexity index is 340. The van der Waals surface area contributed by atoms with Crippen LogP contribution in [-0.2, 0) is 6.54 Å². The van der Waals surface area contributed by atoms with Gasteiger partial charge in [-0.15, -0.1) is 0 Å². The predicted octanol–water partition coefficient (Wildman–Crippen LogP) is 2.05. The molecule has 0 fully saturated rings. The van der Waals surface area contributed by atoms with Crippen molar-refractivity contribution in [1.82, 2.24) is 15.2 Å². The summed E-state index contributed by atoms with van der Waals surface area (Å²) < 4.78 is 35.9. The van der Waals surface area contributed by atoms with Crippen molar-refractivity contribution in [3.8, 4) is 0 Å². The van der Waals surface area contributed by atoms with Crippen molar-refractivity contribution in [2.24, 2.45) is 0 Å². The fourth-order valence-corrected chi connectivity index (χ4v) is 1.48. The second kappa shape index (κ2) is 6.70. The van der Waals surface area contributed by atoms with Gasteiger partial charge in [-0.3, -0.25) is 9.88 Å². The highest BCUT2D eigenvalue weighted by molar-refractivity contribution is 5.03. The lowest BCUT2D eigenvalue weighted by Gasteiger charge is -2.24. The molecule has 0 aromatic carbocycles. The first-order valence-electron chi connectivity index (χ1n) is 5.76. The molecule has 0 spiro atoms. The molecule has 0 aliphatic carbocycles. The second-order valence-corrected chi connectivity index (χ2v) is 4.33. The number of aromatic nitrogens is 1. The lowest BCUT2D eigenvalue weighted by molar-refractivity contribution is -0.125. The van der Waals surface area contributed by atoms with Crippen molar-refractivity contribution < 1.29 is 13.2 Å². The minimum atomic E-state index is -4.15. The van der Waals surface area contributed by atoms with Crippen LogP contribution in [0, 0.1) is 0 Å². The second-order valence-electron chi connectivity index (χ2n) is 4.33. The molecule has 1 aromatic rings. The largest absolute Gasteiger partial charge is 0.401 e. The van der Waals surface area contributed by atoms with Gasteiger partial charge in [-0.05, 0) is 26.1 Å². The van der Waals surface area contributed by atoms with Crippen LogP contribution in [0.3, 0.4) is 0 Å². The average Bonchev–Trinajstić information content (AvgIpc) is 2.28. The number of nitrogens with zero attached hydrogens (tertiary/aromatic N) is 2. The zero-order valence-corrected chi connectivity index (χ0v) is 10.5. The number of pyridine rings is 1. The van der Waals surface area contributed by atoms with E-state index >= 15 is 0 Å². The summed E-state index contributed by atoms with van der Waals surface area (Å²) in [6.07, 6.45) is -2.45. The van der Waals surface area contributed by atoms with Crippen LogP contribution in [0.25, 0.3) is 0 Å². The summed E-state index contributed by atoms with van der Waals surface area (Å²) in [4.78, 5) is 6.14. The van der Waals surface area contributed by atoms with Crippen molar-refractivity contribution in [3.63, 3.8) is 0 Å². The zero-order valence-electron chi connectivity index (χ0n) is 10.5.